The number of hydrogen-bond acceptors (Lipinski definition) is 2. The van der Waals surface area contributed by atoms with Crippen molar-refractivity contribution in [3.63, 3.8) is 0 Å². The average molecular weight is 181 g/mol. The number of aromatic nitrogens is 2. The van der Waals surface area contributed by atoms with Crippen LogP contribution in [0.5, 0.6) is 0 Å². The zero-order valence-corrected chi connectivity index (χ0v) is 8.05. The lowest BCUT2D eigenvalue weighted by Crippen LogP contribution is -2.23. The quantitative estimate of drug-likeness (QED) is 0.695. The van der Waals surface area contributed by atoms with E-state index in [4.69, 9.17) is 0 Å². The number of nitrogens with one attached hydrogen (secondary N) is 2. The maximum absolute atomic E-state index is 11.7. The van der Waals surface area contributed by atoms with Gasteiger partial charge in [0, 0.05) is 19.6 Å². The lowest BCUT2D eigenvalue weighted by molar-refractivity contribution is 0.466. The van der Waals surface area contributed by atoms with Gasteiger partial charge in [0.2, 0.25) is 0 Å². The summed E-state index contributed by atoms with van der Waals surface area (Å²) in [5.41, 5.74) is 2.13. The van der Waals surface area contributed by atoms with E-state index in [9.17, 15) is 4.79 Å². The Bertz CT molecular complexity index is 361. The molecule has 4 heteroatoms. The normalized spacial score (nSPS) is 15.3. The molecule has 0 saturated heterocycles. The lowest BCUT2D eigenvalue weighted by atomic mass is 10.2. The van der Waals surface area contributed by atoms with Crippen molar-refractivity contribution in [2.45, 2.75) is 33.5 Å². The first-order chi connectivity index (χ1) is 6.18. The molecule has 0 fully saturated rings. The second kappa shape index (κ2) is 3.03. The third-order valence-corrected chi connectivity index (χ3v) is 2.29. The summed E-state index contributed by atoms with van der Waals surface area (Å²) in [4.78, 5) is 11.7. The highest BCUT2D eigenvalue weighted by molar-refractivity contribution is 5.20. The molecule has 0 aromatic carbocycles. The molecule has 72 valence electrons. The first kappa shape index (κ1) is 8.56. The molecule has 13 heavy (non-hydrogen) atoms. The van der Waals surface area contributed by atoms with Gasteiger partial charge in [-0.3, -0.25) is 14.6 Å². The minimum Gasteiger partial charge on any atom is -0.307 e. The molecule has 0 aliphatic carbocycles. The Kier molecular flexibility index (Phi) is 2.00. The van der Waals surface area contributed by atoms with Crippen LogP contribution in [0.4, 0.5) is 0 Å². The van der Waals surface area contributed by atoms with Crippen LogP contribution in [0.15, 0.2) is 4.79 Å². The Labute approximate surface area is 76.9 Å². The molecule has 1 aliphatic rings. The molecule has 0 atom stereocenters. The number of nitrogens with zero attached hydrogens (tertiary/aromatic N) is 1. The topological polar surface area (TPSA) is 49.8 Å². The second-order valence-electron chi connectivity index (χ2n) is 3.98. The molecule has 4 nitrogen and oxygen atoms in total. The maximum atomic E-state index is 11.7. The summed E-state index contributed by atoms with van der Waals surface area (Å²) >= 11 is 0. The van der Waals surface area contributed by atoms with E-state index in [1.807, 2.05) is 0 Å². The van der Waals surface area contributed by atoms with Crippen LogP contribution in [0.1, 0.15) is 25.1 Å². The van der Waals surface area contributed by atoms with Crippen LogP contribution in [0.3, 0.4) is 0 Å². The van der Waals surface area contributed by atoms with Crippen molar-refractivity contribution in [3.8, 4) is 0 Å². The van der Waals surface area contributed by atoms with Crippen molar-refractivity contribution in [1.29, 1.82) is 0 Å². The Morgan fingerprint density at radius 1 is 1.46 bits per heavy atom. The molecule has 1 aliphatic heterocycles. The summed E-state index contributed by atoms with van der Waals surface area (Å²) in [5, 5.41) is 6.28. The van der Waals surface area contributed by atoms with Gasteiger partial charge in [-0.25, -0.2) is 0 Å². The van der Waals surface area contributed by atoms with E-state index in [2.05, 4.69) is 24.3 Å². The van der Waals surface area contributed by atoms with Gasteiger partial charge in [-0.15, -0.1) is 0 Å². The molecule has 2 rings (SSSR count). The SMILES string of the molecule is CC(C)Cn1[nH]c2c(c1=O)CNC2. The van der Waals surface area contributed by atoms with E-state index < -0.39 is 0 Å². The van der Waals surface area contributed by atoms with E-state index >= 15 is 0 Å². The predicted octanol–water partition coefficient (Wildman–Crippen LogP) is 0.436. The number of rotatable bonds is 2. The molecular weight excluding hydrogens is 166 g/mol. The molecule has 0 saturated carbocycles. The van der Waals surface area contributed by atoms with Gasteiger partial charge in [-0.2, -0.15) is 0 Å². The summed E-state index contributed by atoms with van der Waals surface area (Å²) in [7, 11) is 0. The van der Waals surface area contributed by atoms with Crippen LogP contribution < -0.4 is 10.9 Å². The van der Waals surface area contributed by atoms with Gasteiger partial charge >= 0.3 is 0 Å². The number of aromatic amines is 1. The Morgan fingerprint density at radius 2 is 2.23 bits per heavy atom. The second-order valence-corrected chi connectivity index (χ2v) is 3.98. The van der Waals surface area contributed by atoms with E-state index in [0.717, 1.165) is 30.9 Å². The lowest BCUT2D eigenvalue weighted by Gasteiger charge is -2.04. The number of hydrogen-bond donors (Lipinski definition) is 2. The fourth-order valence-electron chi connectivity index (χ4n) is 1.71. The van der Waals surface area contributed by atoms with Gasteiger partial charge in [-0.05, 0) is 5.92 Å². The molecule has 2 N–H and O–H groups in total. The third kappa shape index (κ3) is 1.42. The number of fused-ring (bicyclic) bond motifs is 1. The largest absolute Gasteiger partial charge is 0.307 e. The molecule has 0 radical (unpaired) electrons. The smallest absolute Gasteiger partial charge is 0.271 e. The van der Waals surface area contributed by atoms with Crippen molar-refractivity contribution in [2.75, 3.05) is 0 Å². The molecule has 2 heterocycles. The van der Waals surface area contributed by atoms with Gasteiger partial charge in [0.05, 0.1) is 11.3 Å². The highest BCUT2D eigenvalue weighted by Crippen LogP contribution is 2.08. The van der Waals surface area contributed by atoms with E-state index in [1.54, 1.807) is 4.68 Å². The Morgan fingerprint density at radius 3 is 2.85 bits per heavy atom. The standard InChI is InChI=1S/C9H15N3O/c1-6(2)5-12-9(13)7-3-10-4-8(7)11-12/h6,10-11H,3-5H2,1-2H3. The zero-order chi connectivity index (χ0) is 9.42. The Hall–Kier alpha value is -1.03. The van der Waals surface area contributed by atoms with Crippen molar-refractivity contribution in [3.05, 3.63) is 21.6 Å². The molecule has 0 amide bonds. The van der Waals surface area contributed by atoms with Gasteiger partial charge in [0.25, 0.3) is 5.56 Å². The van der Waals surface area contributed by atoms with Crippen molar-refractivity contribution in [2.24, 2.45) is 5.92 Å². The summed E-state index contributed by atoms with van der Waals surface area (Å²) < 4.78 is 1.72. The molecular formula is C9H15N3O. The summed E-state index contributed by atoms with van der Waals surface area (Å²) in [6, 6.07) is 0. The van der Waals surface area contributed by atoms with Crippen LogP contribution in [0.25, 0.3) is 0 Å². The van der Waals surface area contributed by atoms with Crippen molar-refractivity contribution >= 4 is 0 Å². The summed E-state index contributed by atoms with van der Waals surface area (Å²) in [5.74, 6) is 0.504. The molecule has 0 unspecified atom stereocenters. The summed E-state index contributed by atoms with van der Waals surface area (Å²) in [6.07, 6.45) is 0. The monoisotopic (exact) mass is 181 g/mol. The van der Waals surface area contributed by atoms with Crippen LogP contribution in [0, 0.1) is 5.92 Å². The Balaban J connectivity index is 2.34. The van der Waals surface area contributed by atoms with Crippen molar-refractivity contribution in [1.82, 2.24) is 15.1 Å². The van der Waals surface area contributed by atoms with Gasteiger partial charge < -0.3 is 5.32 Å². The van der Waals surface area contributed by atoms with Crippen LogP contribution >= 0.6 is 0 Å². The minimum absolute atomic E-state index is 0.147. The minimum atomic E-state index is 0.147. The fraction of sp³-hybridized carbons (Fsp3) is 0.667. The first-order valence-corrected chi connectivity index (χ1v) is 4.69. The highest BCUT2D eigenvalue weighted by Gasteiger charge is 2.18. The van der Waals surface area contributed by atoms with Crippen LogP contribution in [-0.4, -0.2) is 9.78 Å². The molecule has 0 bridgehead atoms. The molecule has 1 aromatic rings. The van der Waals surface area contributed by atoms with Crippen LogP contribution in [0.2, 0.25) is 0 Å². The average Bonchev–Trinajstić information content (AvgIpc) is 2.56. The molecule has 0 spiro atoms. The van der Waals surface area contributed by atoms with Gasteiger partial charge in [0.15, 0.2) is 0 Å². The zero-order valence-electron chi connectivity index (χ0n) is 8.05. The van der Waals surface area contributed by atoms with Crippen LogP contribution in [-0.2, 0) is 19.6 Å². The summed E-state index contributed by atoms with van der Waals surface area (Å²) in [6.45, 7) is 6.52. The van der Waals surface area contributed by atoms with Crippen molar-refractivity contribution < 1.29 is 0 Å². The van der Waals surface area contributed by atoms with Gasteiger partial charge in [-0.1, -0.05) is 13.8 Å². The maximum Gasteiger partial charge on any atom is 0.271 e. The number of H-pyrrole nitrogens is 1. The van der Waals surface area contributed by atoms with E-state index in [1.165, 1.54) is 0 Å². The first-order valence-electron chi connectivity index (χ1n) is 4.69. The van der Waals surface area contributed by atoms with E-state index in [0.29, 0.717) is 5.92 Å². The predicted molar refractivity (Wildman–Crippen MR) is 50.4 cm³/mol. The molecule has 1 aromatic heterocycles. The third-order valence-electron chi connectivity index (χ3n) is 2.29. The van der Waals surface area contributed by atoms with E-state index in [-0.39, 0.29) is 5.56 Å². The highest BCUT2D eigenvalue weighted by atomic mass is 16.1. The van der Waals surface area contributed by atoms with Gasteiger partial charge in [0.1, 0.15) is 0 Å². The fourth-order valence-corrected chi connectivity index (χ4v) is 1.71.